The Balaban J connectivity index is 1.76. The van der Waals surface area contributed by atoms with E-state index in [0.29, 0.717) is 11.7 Å². The number of anilines is 1. The molecule has 0 saturated carbocycles. The number of hydrogen-bond acceptors (Lipinski definition) is 6. The fourth-order valence-electron chi connectivity index (χ4n) is 3.76. The number of guanidine groups is 1. The zero-order valence-corrected chi connectivity index (χ0v) is 15.5. The molecule has 2 unspecified atom stereocenters. The number of para-hydroxylation sites is 2. The summed E-state index contributed by atoms with van der Waals surface area (Å²) < 4.78 is 5.49. The highest BCUT2D eigenvalue weighted by atomic mass is 16.5. The van der Waals surface area contributed by atoms with Gasteiger partial charge in [-0.25, -0.2) is 9.79 Å². The van der Waals surface area contributed by atoms with E-state index < -0.39 is 12.2 Å². The van der Waals surface area contributed by atoms with Crippen LogP contribution in [-0.2, 0) is 4.79 Å². The smallest absolute Gasteiger partial charge is 0.328 e. The minimum Gasteiger partial charge on any atom is -0.495 e. The molecule has 1 fully saturated rings. The SMILES string of the molecule is C=CCN1C(=O)C2C(N=C3N(c4ccccc4OC)C(C)=CN32)N(C)C1=O. The number of amides is 3. The van der Waals surface area contributed by atoms with Crippen LogP contribution >= 0.6 is 0 Å². The third-order valence-electron chi connectivity index (χ3n) is 5.03. The normalized spacial score (nSPS) is 24.0. The van der Waals surface area contributed by atoms with Crippen molar-refractivity contribution in [2.45, 2.75) is 19.1 Å². The van der Waals surface area contributed by atoms with Crippen LogP contribution in [0.2, 0.25) is 0 Å². The quantitative estimate of drug-likeness (QED) is 0.760. The number of ether oxygens (including phenoxy) is 1. The standard InChI is InChI=1S/C19H21N5O3/c1-5-10-22-17(25)15-16(21(3)19(22)26)20-18-23(15)11-12(2)24(18)13-8-6-7-9-14(13)27-4/h5-9,11,15-16H,1,10H2,2-4H3. The Labute approximate surface area is 157 Å². The van der Waals surface area contributed by atoms with Crippen LogP contribution in [0.1, 0.15) is 6.92 Å². The predicted molar refractivity (Wildman–Crippen MR) is 101 cm³/mol. The Hall–Kier alpha value is -3.29. The summed E-state index contributed by atoms with van der Waals surface area (Å²) in [5.74, 6) is 1.04. The van der Waals surface area contributed by atoms with Crippen LogP contribution in [0, 0.1) is 0 Å². The van der Waals surface area contributed by atoms with Gasteiger partial charge < -0.3 is 14.5 Å². The Bertz CT molecular complexity index is 893. The van der Waals surface area contributed by atoms with Gasteiger partial charge in [-0.05, 0) is 19.1 Å². The van der Waals surface area contributed by atoms with E-state index in [1.807, 2.05) is 47.2 Å². The molecule has 3 aliphatic heterocycles. The maximum Gasteiger partial charge on any atom is 0.328 e. The lowest BCUT2D eigenvalue weighted by molar-refractivity contribution is -0.136. The maximum absolute atomic E-state index is 13.0. The lowest BCUT2D eigenvalue weighted by Gasteiger charge is -2.39. The molecule has 3 aliphatic rings. The summed E-state index contributed by atoms with van der Waals surface area (Å²) in [6.45, 7) is 5.77. The third-order valence-corrected chi connectivity index (χ3v) is 5.03. The molecular formula is C19H21N5O3. The van der Waals surface area contributed by atoms with Crippen molar-refractivity contribution in [3.05, 3.63) is 48.8 Å². The number of imide groups is 1. The molecule has 0 radical (unpaired) electrons. The summed E-state index contributed by atoms with van der Waals surface area (Å²) in [5, 5.41) is 0. The van der Waals surface area contributed by atoms with E-state index in [1.54, 1.807) is 20.2 Å². The number of nitrogens with zero attached hydrogens (tertiary/aromatic N) is 5. The van der Waals surface area contributed by atoms with Crippen LogP contribution < -0.4 is 9.64 Å². The second-order valence-corrected chi connectivity index (χ2v) is 6.60. The van der Waals surface area contributed by atoms with Gasteiger partial charge in [-0.1, -0.05) is 18.2 Å². The van der Waals surface area contributed by atoms with Gasteiger partial charge in [0.1, 0.15) is 5.75 Å². The summed E-state index contributed by atoms with van der Waals surface area (Å²) in [7, 11) is 3.28. The van der Waals surface area contributed by atoms with Gasteiger partial charge in [0.25, 0.3) is 5.91 Å². The van der Waals surface area contributed by atoms with Crippen molar-refractivity contribution in [3.63, 3.8) is 0 Å². The summed E-state index contributed by atoms with van der Waals surface area (Å²) in [6.07, 6.45) is 2.87. The average Bonchev–Trinajstić information content (AvgIpc) is 3.18. The number of carbonyl (C=O) groups is 2. The maximum atomic E-state index is 13.0. The van der Waals surface area contributed by atoms with Crippen molar-refractivity contribution < 1.29 is 14.3 Å². The van der Waals surface area contributed by atoms with Gasteiger partial charge in [-0.3, -0.25) is 14.6 Å². The first-order valence-corrected chi connectivity index (χ1v) is 8.66. The van der Waals surface area contributed by atoms with Crippen molar-refractivity contribution in [1.29, 1.82) is 0 Å². The Kier molecular flexibility index (Phi) is 3.91. The largest absolute Gasteiger partial charge is 0.495 e. The van der Waals surface area contributed by atoms with E-state index >= 15 is 0 Å². The number of fused-ring (bicyclic) bond motifs is 3. The molecule has 8 heteroatoms. The Morgan fingerprint density at radius 2 is 2.04 bits per heavy atom. The number of methoxy groups -OCH3 is 1. The fraction of sp³-hybridized carbons (Fsp3) is 0.316. The van der Waals surface area contributed by atoms with Crippen LogP contribution in [0.25, 0.3) is 0 Å². The van der Waals surface area contributed by atoms with Crippen LogP contribution in [0.5, 0.6) is 5.75 Å². The minimum atomic E-state index is -0.586. The number of aliphatic imine (C=N–C) groups is 1. The molecule has 0 aliphatic carbocycles. The first kappa shape index (κ1) is 17.1. The number of benzene rings is 1. The second kappa shape index (κ2) is 6.15. The monoisotopic (exact) mass is 367 g/mol. The fourth-order valence-corrected chi connectivity index (χ4v) is 3.76. The molecule has 0 spiro atoms. The summed E-state index contributed by atoms with van der Waals surface area (Å²) in [6, 6.07) is 6.68. The van der Waals surface area contributed by atoms with Gasteiger partial charge >= 0.3 is 6.03 Å². The van der Waals surface area contributed by atoms with Crippen LogP contribution in [-0.4, -0.2) is 65.5 Å². The van der Waals surface area contributed by atoms with Gasteiger partial charge in [-0.2, -0.15) is 0 Å². The highest BCUT2D eigenvalue weighted by molar-refractivity contribution is 6.10. The zero-order chi connectivity index (χ0) is 19.3. The van der Waals surface area contributed by atoms with Gasteiger partial charge in [0, 0.05) is 25.5 Å². The highest BCUT2D eigenvalue weighted by Gasteiger charge is 2.54. The van der Waals surface area contributed by atoms with E-state index in [2.05, 4.69) is 6.58 Å². The molecule has 3 amide bonds. The van der Waals surface area contributed by atoms with Crippen molar-refractivity contribution in [2.75, 3.05) is 25.6 Å². The summed E-state index contributed by atoms with van der Waals surface area (Å²) in [4.78, 5) is 36.8. The van der Waals surface area contributed by atoms with Crippen molar-refractivity contribution >= 4 is 23.6 Å². The average molecular weight is 367 g/mol. The molecule has 8 nitrogen and oxygen atoms in total. The minimum absolute atomic E-state index is 0.174. The molecule has 140 valence electrons. The number of hydrogen-bond donors (Lipinski definition) is 0. The number of carbonyl (C=O) groups excluding carboxylic acids is 2. The van der Waals surface area contributed by atoms with Crippen LogP contribution in [0.15, 0.2) is 53.8 Å². The summed E-state index contributed by atoms with van der Waals surface area (Å²) >= 11 is 0. The first-order chi connectivity index (χ1) is 13.0. The number of likely N-dealkylation sites (N-methyl/N-ethyl adjacent to an activating group) is 1. The molecular weight excluding hydrogens is 346 g/mol. The van der Waals surface area contributed by atoms with E-state index in [1.165, 1.54) is 9.80 Å². The molecule has 4 rings (SSSR count). The summed E-state index contributed by atoms with van der Waals surface area (Å²) in [5.41, 5.74) is 1.75. The molecule has 27 heavy (non-hydrogen) atoms. The van der Waals surface area contributed by atoms with E-state index in [0.717, 1.165) is 11.4 Å². The number of rotatable bonds is 4. The van der Waals surface area contributed by atoms with Gasteiger partial charge in [0.05, 0.1) is 12.8 Å². The molecule has 1 saturated heterocycles. The molecule has 0 aromatic heterocycles. The van der Waals surface area contributed by atoms with Gasteiger partial charge in [0.2, 0.25) is 5.96 Å². The van der Waals surface area contributed by atoms with Crippen LogP contribution in [0.3, 0.4) is 0 Å². The predicted octanol–water partition coefficient (Wildman–Crippen LogP) is 1.82. The molecule has 3 heterocycles. The lowest BCUT2D eigenvalue weighted by Crippen LogP contribution is -2.64. The van der Waals surface area contributed by atoms with Gasteiger partial charge in [-0.15, -0.1) is 6.58 Å². The third kappa shape index (κ3) is 2.33. The van der Waals surface area contributed by atoms with Crippen molar-refractivity contribution in [2.24, 2.45) is 4.99 Å². The van der Waals surface area contributed by atoms with Crippen molar-refractivity contribution in [3.8, 4) is 5.75 Å². The first-order valence-electron chi connectivity index (χ1n) is 8.66. The molecule has 1 aromatic carbocycles. The number of urea groups is 1. The van der Waals surface area contributed by atoms with Gasteiger partial charge in [0.15, 0.2) is 12.2 Å². The Morgan fingerprint density at radius 1 is 1.30 bits per heavy atom. The second-order valence-electron chi connectivity index (χ2n) is 6.60. The molecule has 0 N–H and O–H groups in total. The lowest BCUT2D eigenvalue weighted by atomic mass is 10.1. The molecule has 0 bridgehead atoms. The van der Waals surface area contributed by atoms with E-state index in [9.17, 15) is 9.59 Å². The van der Waals surface area contributed by atoms with E-state index in [4.69, 9.17) is 9.73 Å². The zero-order valence-electron chi connectivity index (χ0n) is 15.5. The highest BCUT2D eigenvalue weighted by Crippen LogP contribution is 2.39. The topological polar surface area (TPSA) is 68.7 Å². The van der Waals surface area contributed by atoms with Crippen LogP contribution in [0.4, 0.5) is 10.5 Å². The molecule has 1 aromatic rings. The number of allylic oxidation sites excluding steroid dienone is 1. The molecule has 2 atom stereocenters. The Morgan fingerprint density at radius 3 is 2.74 bits per heavy atom. The van der Waals surface area contributed by atoms with Crippen molar-refractivity contribution in [1.82, 2.24) is 14.7 Å². The van der Waals surface area contributed by atoms with E-state index in [-0.39, 0.29) is 18.5 Å².